The minimum atomic E-state index is -1.49. The fourth-order valence-electron chi connectivity index (χ4n) is 1.38. The normalized spacial score (nSPS) is 13.3. The molecule has 3 N–H and O–H groups in total. The zero-order valence-electron chi connectivity index (χ0n) is 10.9. The lowest BCUT2D eigenvalue weighted by atomic mass is 10.2. The number of benzene rings is 1. The van der Waals surface area contributed by atoms with E-state index in [1.165, 1.54) is 0 Å². The van der Waals surface area contributed by atoms with Crippen LogP contribution in [0.4, 0.5) is 0 Å². The first-order valence-electron chi connectivity index (χ1n) is 6.01. The fraction of sp³-hybridized carbons (Fsp3) is 0.385. The van der Waals surface area contributed by atoms with Crippen LogP contribution in [-0.4, -0.2) is 40.8 Å². The van der Waals surface area contributed by atoms with Crippen molar-refractivity contribution in [2.45, 2.75) is 25.6 Å². The topological polar surface area (TPSA) is 95.9 Å². The summed E-state index contributed by atoms with van der Waals surface area (Å²) < 4.78 is 5.39. The second-order valence-electron chi connectivity index (χ2n) is 4.12. The smallest absolute Gasteiger partial charge is 0.332 e. The molecule has 20 heavy (non-hydrogen) atoms. The van der Waals surface area contributed by atoms with Crippen LogP contribution < -0.4 is 10.1 Å². The molecule has 0 spiro atoms. The summed E-state index contributed by atoms with van der Waals surface area (Å²) in [6.07, 6.45) is -2.34. The van der Waals surface area contributed by atoms with Gasteiger partial charge in [-0.2, -0.15) is 0 Å². The highest BCUT2D eigenvalue weighted by Gasteiger charge is 2.17. The van der Waals surface area contributed by atoms with Crippen LogP contribution in [0.2, 0.25) is 5.02 Å². The van der Waals surface area contributed by atoms with E-state index in [0.717, 1.165) is 0 Å². The van der Waals surface area contributed by atoms with Gasteiger partial charge < -0.3 is 20.3 Å². The van der Waals surface area contributed by atoms with Gasteiger partial charge in [0.25, 0.3) is 5.91 Å². The Bertz CT molecular complexity index is 480. The van der Waals surface area contributed by atoms with E-state index in [0.29, 0.717) is 10.8 Å². The standard InChI is InChI=1S/C13H16ClNO5/c1-8(20-11-5-3-2-4-9(11)14)12(17)15-7-6-10(16)13(18)19/h2-5,8,10,16H,6-7H2,1H3,(H,15,17)(H,18,19)/t8?,10-/m0/s1. The molecular weight excluding hydrogens is 286 g/mol. The number of carboxylic acid groups (broad SMARTS) is 1. The molecule has 0 radical (unpaired) electrons. The first-order valence-corrected chi connectivity index (χ1v) is 6.39. The van der Waals surface area contributed by atoms with Crippen molar-refractivity contribution in [3.8, 4) is 5.75 Å². The Labute approximate surface area is 121 Å². The van der Waals surface area contributed by atoms with Gasteiger partial charge in [-0.05, 0) is 19.1 Å². The maximum absolute atomic E-state index is 11.7. The SMILES string of the molecule is CC(Oc1ccccc1Cl)C(=O)NCC[C@H](O)C(=O)O. The number of rotatable bonds is 7. The molecule has 0 heterocycles. The van der Waals surface area contributed by atoms with Crippen LogP contribution >= 0.6 is 11.6 Å². The third-order valence-electron chi connectivity index (χ3n) is 2.51. The van der Waals surface area contributed by atoms with Crippen molar-refractivity contribution in [3.63, 3.8) is 0 Å². The summed E-state index contributed by atoms with van der Waals surface area (Å²) in [5.74, 6) is -1.34. The second kappa shape index (κ2) is 7.72. The molecule has 0 saturated carbocycles. The quantitative estimate of drug-likeness (QED) is 0.700. The van der Waals surface area contributed by atoms with Gasteiger partial charge in [0.2, 0.25) is 0 Å². The minimum absolute atomic E-state index is 0.0442. The number of hydrogen-bond acceptors (Lipinski definition) is 4. The summed E-state index contributed by atoms with van der Waals surface area (Å²) in [7, 11) is 0. The lowest BCUT2D eigenvalue weighted by molar-refractivity contribution is -0.147. The number of carboxylic acids is 1. The number of aliphatic carboxylic acids is 1. The van der Waals surface area contributed by atoms with Crippen LogP contribution in [0.1, 0.15) is 13.3 Å². The van der Waals surface area contributed by atoms with E-state index in [-0.39, 0.29) is 13.0 Å². The van der Waals surface area contributed by atoms with E-state index in [4.69, 9.17) is 26.6 Å². The van der Waals surface area contributed by atoms with Gasteiger partial charge in [0.1, 0.15) is 5.75 Å². The van der Waals surface area contributed by atoms with E-state index in [1.807, 2.05) is 0 Å². The van der Waals surface area contributed by atoms with E-state index in [2.05, 4.69) is 5.32 Å². The van der Waals surface area contributed by atoms with Gasteiger partial charge in [0, 0.05) is 13.0 Å². The molecule has 0 aromatic heterocycles. The molecule has 7 heteroatoms. The molecule has 1 aromatic rings. The molecular formula is C13H16ClNO5. The van der Waals surface area contributed by atoms with Crippen molar-refractivity contribution in [2.75, 3.05) is 6.54 Å². The van der Waals surface area contributed by atoms with Crippen LogP contribution in [0.25, 0.3) is 0 Å². The third kappa shape index (κ3) is 5.07. The molecule has 6 nitrogen and oxygen atoms in total. The van der Waals surface area contributed by atoms with Crippen molar-refractivity contribution in [1.82, 2.24) is 5.32 Å². The summed E-state index contributed by atoms with van der Waals surface area (Å²) in [4.78, 5) is 22.1. The van der Waals surface area contributed by atoms with Gasteiger partial charge >= 0.3 is 5.97 Å². The second-order valence-corrected chi connectivity index (χ2v) is 4.53. The van der Waals surface area contributed by atoms with Gasteiger partial charge in [0.05, 0.1) is 5.02 Å². The zero-order chi connectivity index (χ0) is 15.1. The van der Waals surface area contributed by atoms with Crippen LogP contribution in [0.15, 0.2) is 24.3 Å². The summed E-state index contributed by atoms with van der Waals surface area (Å²) in [5, 5.41) is 20.4. The average Bonchev–Trinajstić information content (AvgIpc) is 2.40. The number of hydrogen-bond donors (Lipinski definition) is 3. The molecule has 0 aliphatic heterocycles. The summed E-state index contributed by atoms with van der Waals surface area (Å²) in [6, 6.07) is 6.76. The molecule has 2 atom stereocenters. The third-order valence-corrected chi connectivity index (χ3v) is 2.82. The Morgan fingerprint density at radius 2 is 2.05 bits per heavy atom. The van der Waals surface area contributed by atoms with Crippen LogP contribution in [-0.2, 0) is 9.59 Å². The van der Waals surface area contributed by atoms with Crippen molar-refractivity contribution in [1.29, 1.82) is 0 Å². The molecule has 1 aromatic carbocycles. The molecule has 1 amide bonds. The van der Waals surface area contributed by atoms with Gasteiger partial charge in [-0.1, -0.05) is 23.7 Å². The fourth-order valence-corrected chi connectivity index (χ4v) is 1.56. The highest BCUT2D eigenvalue weighted by molar-refractivity contribution is 6.32. The van der Waals surface area contributed by atoms with Crippen molar-refractivity contribution in [2.24, 2.45) is 0 Å². The molecule has 110 valence electrons. The number of carbonyl (C=O) groups excluding carboxylic acids is 1. The minimum Gasteiger partial charge on any atom is -0.479 e. The maximum atomic E-state index is 11.7. The molecule has 0 saturated heterocycles. The average molecular weight is 302 g/mol. The highest BCUT2D eigenvalue weighted by atomic mass is 35.5. The number of para-hydroxylation sites is 1. The summed E-state index contributed by atoms with van der Waals surface area (Å²) >= 11 is 5.90. The number of halogens is 1. The Balaban J connectivity index is 2.40. The monoisotopic (exact) mass is 301 g/mol. The molecule has 0 aliphatic rings. The first-order chi connectivity index (χ1) is 9.41. The zero-order valence-corrected chi connectivity index (χ0v) is 11.6. The maximum Gasteiger partial charge on any atom is 0.332 e. The highest BCUT2D eigenvalue weighted by Crippen LogP contribution is 2.24. The Morgan fingerprint density at radius 3 is 2.65 bits per heavy atom. The van der Waals surface area contributed by atoms with Crippen LogP contribution in [0, 0.1) is 0 Å². The lowest BCUT2D eigenvalue weighted by Crippen LogP contribution is -2.38. The Morgan fingerprint density at radius 1 is 1.40 bits per heavy atom. The van der Waals surface area contributed by atoms with Gasteiger partial charge in [-0.15, -0.1) is 0 Å². The largest absolute Gasteiger partial charge is 0.479 e. The molecule has 1 unspecified atom stereocenters. The molecule has 0 bridgehead atoms. The predicted molar refractivity (Wildman–Crippen MR) is 72.8 cm³/mol. The van der Waals surface area contributed by atoms with Crippen molar-refractivity contribution >= 4 is 23.5 Å². The van der Waals surface area contributed by atoms with E-state index < -0.39 is 24.1 Å². The lowest BCUT2D eigenvalue weighted by Gasteiger charge is -2.15. The Hall–Kier alpha value is -1.79. The molecule has 0 fully saturated rings. The number of nitrogens with one attached hydrogen (secondary N) is 1. The van der Waals surface area contributed by atoms with E-state index in [9.17, 15) is 9.59 Å². The summed E-state index contributed by atoms with van der Waals surface area (Å²) in [6.45, 7) is 1.59. The molecule has 1 rings (SSSR count). The van der Waals surface area contributed by atoms with Crippen LogP contribution in [0.5, 0.6) is 5.75 Å². The first kappa shape index (κ1) is 16.3. The van der Waals surface area contributed by atoms with Gasteiger partial charge in [-0.25, -0.2) is 4.79 Å². The van der Waals surface area contributed by atoms with Crippen molar-refractivity contribution < 1.29 is 24.5 Å². The van der Waals surface area contributed by atoms with E-state index >= 15 is 0 Å². The summed E-state index contributed by atoms with van der Waals surface area (Å²) in [5.41, 5.74) is 0. The number of aliphatic hydroxyl groups is 1. The predicted octanol–water partition coefficient (Wildman–Crippen LogP) is 1.06. The van der Waals surface area contributed by atoms with Gasteiger partial charge in [-0.3, -0.25) is 4.79 Å². The number of carbonyl (C=O) groups is 2. The number of aliphatic hydroxyl groups excluding tert-OH is 1. The Kier molecular flexibility index (Phi) is 6.27. The van der Waals surface area contributed by atoms with Gasteiger partial charge in [0.15, 0.2) is 12.2 Å². The van der Waals surface area contributed by atoms with Crippen LogP contribution in [0.3, 0.4) is 0 Å². The van der Waals surface area contributed by atoms with Crippen molar-refractivity contribution in [3.05, 3.63) is 29.3 Å². The number of ether oxygens (including phenoxy) is 1. The molecule has 0 aliphatic carbocycles. The van der Waals surface area contributed by atoms with E-state index in [1.54, 1.807) is 31.2 Å². The number of amides is 1.